The van der Waals surface area contributed by atoms with Gasteiger partial charge in [-0.2, -0.15) is 0 Å². The van der Waals surface area contributed by atoms with Crippen molar-refractivity contribution in [3.05, 3.63) is 46.5 Å². The molecule has 1 aliphatic rings. The first-order valence-electron chi connectivity index (χ1n) is 5.09. The maximum absolute atomic E-state index is 10.9. The summed E-state index contributed by atoms with van der Waals surface area (Å²) in [7, 11) is 0. The summed E-state index contributed by atoms with van der Waals surface area (Å²) in [6.45, 7) is 0.686. The van der Waals surface area contributed by atoms with E-state index in [0.717, 1.165) is 5.56 Å². The highest BCUT2D eigenvalue weighted by Crippen LogP contribution is 2.22. The summed E-state index contributed by atoms with van der Waals surface area (Å²) in [5.41, 5.74) is 1.50. The first-order chi connectivity index (χ1) is 7.66. The van der Waals surface area contributed by atoms with Crippen LogP contribution in [-0.2, 0) is 4.79 Å². The number of carboxylic acids is 1. The van der Waals surface area contributed by atoms with E-state index in [9.17, 15) is 4.79 Å². The first-order valence-corrected chi connectivity index (χ1v) is 5.47. The highest BCUT2D eigenvalue weighted by atomic mass is 35.5. The molecule has 16 heavy (non-hydrogen) atoms. The third-order valence-corrected chi connectivity index (χ3v) is 2.88. The fourth-order valence-electron chi connectivity index (χ4n) is 1.77. The zero-order chi connectivity index (χ0) is 11.5. The van der Waals surface area contributed by atoms with Gasteiger partial charge in [0.15, 0.2) is 0 Å². The lowest BCUT2D eigenvalue weighted by atomic mass is 9.99. The number of halogens is 1. The Balaban J connectivity index is 2.24. The third-order valence-electron chi connectivity index (χ3n) is 2.63. The Labute approximate surface area is 98.7 Å². The van der Waals surface area contributed by atoms with E-state index in [1.807, 2.05) is 12.1 Å². The van der Waals surface area contributed by atoms with Crippen LogP contribution in [0.3, 0.4) is 0 Å². The minimum atomic E-state index is -0.833. The molecule has 0 spiro atoms. The summed E-state index contributed by atoms with van der Waals surface area (Å²) in [5.74, 6) is -0.833. The molecule has 0 saturated heterocycles. The molecule has 1 atom stereocenters. The van der Waals surface area contributed by atoms with Gasteiger partial charge < -0.3 is 10.4 Å². The van der Waals surface area contributed by atoms with Crippen LogP contribution in [0.1, 0.15) is 18.0 Å². The van der Waals surface area contributed by atoms with Crippen molar-refractivity contribution in [1.29, 1.82) is 0 Å². The van der Waals surface area contributed by atoms with E-state index < -0.39 is 5.97 Å². The minimum Gasteiger partial charge on any atom is -0.478 e. The van der Waals surface area contributed by atoms with Crippen LogP contribution in [0.2, 0.25) is 5.02 Å². The van der Waals surface area contributed by atoms with Crippen molar-refractivity contribution < 1.29 is 9.90 Å². The lowest BCUT2D eigenvalue weighted by molar-refractivity contribution is -0.132. The van der Waals surface area contributed by atoms with Crippen molar-refractivity contribution in [3.8, 4) is 0 Å². The Bertz CT molecular complexity index is 425. The summed E-state index contributed by atoms with van der Waals surface area (Å²) in [6.07, 6.45) is 2.33. The largest absolute Gasteiger partial charge is 0.478 e. The summed E-state index contributed by atoms with van der Waals surface area (Å²) >= 11 is 5.80. The van der Waals surface area contributed by atoms with E-state index in [-0.39, 0.29) is 6.04 Å². The van der Waals surface area contributed by atoms with Crippen LogP contribution >= 0.6 is 11.6 Å². The molecular formula is C12H12ClNO2. The standard InChI is InChI=1S/C12H12ClNO2/c13-10-3-1-8(2-4-10)11-7-9(12(15)16)5-6-14-11/h1-4,7,11,14H,5-6H2,(H,15,16). The summed E-state index contributed by atoms with van der Waals surface area (Å²) in [4.78, 5) is 10.9. The lowest BCUT2D eigenvalue weighted by Gasteiger charge is -2.21. The van der Waals surface area contributed by atoms with Gasteiger partial charge in [-0.25, -0.2) is 4.79 Å². The monoisotopic (exact) mass is 237 g/mol. The predicted octanol–water partition coefficient (Wildman–Crippen LogP) is 2.39. The minimum absolute atomic E-state index is 0.0304. The van der Waals surface area contributed by atoms with Gasteiger partial charge in [0, 0.05) is 17.1 Å². The summed E-state index contributed by atoms with van der Waals surface area (Å²) in [5, 5.41) is 12.9. The first kappa shape index (κ1) is 11.2. The zero-order valence-corrected chi connectivity index (χ0v) is 9.37. The van der Waals surface area contributed by atoms with E-state index in [2.05, 4.69) is 5.32 Å². The average molecular weight is 238 g/mol. The summed E-state index contributed by atoms with van der Waals surface area (Å²) < 4.78 is 0. The Hall–Kier alpha value is -1.32. The molecule has 1 aromatic rings. The Morgan fingerprint density at radius 2 is 2.06 bits per heavy atom. The molecule has 1 aromatic carbocycles. The van der Waals surface area contributed by atoms with Gasteiger partial charge in [-0.3, -0.25) is 0 Å². The van der Waals surface area contributed by atoms with Gasteiger partial charge in [-0.1, -0.05) is 29.8 Å². The van der Waals surface area contributed by atoms with Gasteiger partial charge in [0.2, 0.25) is 0 Å². The van der Waals surface area contributed by atoms with E-state index >= 15 is 0 Å². The van der Waals surface area contributed by atoms with Crippen LogP contribution in [0.15, 0.2) is 35.9 Å². The third kappa shape index (κ3) is 2.43. The fraction of sp³-hybridized carbons (Fsp3) is 0.250. The van der Waals surface area contributed by atoms with Gasteiger partial charge in [0.05, 0.1) is 6.04 Å². The van der Waals surface area contributed by atoms with Crippen molar-refractivity contribution in [2.75, 3.05) is 6.54 Å². The van der Waals surface area contributed by atoms with Crippen molar-refractivity contribution in [2.24, 2.45) is 0 Å². The number of aliphatic carboxylic acids is 1. The highest BCUT2D eigenvalue weighted by molar-refractivity contribution is 6.30. The van der Waals surface area contributed by atoms with Crippen molar-refractivity contribution in [1.82, 2.24) is 5.32 Å². The number of benzene rings is 1. The predicted molar refractivity (Wildman–Crippen MR) is 62.5 cm³/mol. The SMILES string of the molecule is O=C(O)C1=CC(c2ccc(Cl)cc2)NCC1. The van der Waals surface area contributed by atoms with Crippen molar-refractivity contribution in [2.45, 2.75) is 12.5 Å². The molecule has 0 bridgehead atoms. The van der Waals surface area contributed by atoms with Crippen LogP contribution in [0.5, 0.6) is 0 Å². The van der Waals surface area contributed by atoms with E-state index in [1.165, 1.54) is 0 Å². The van der Waals surface area contributed by atoms with Crippen LogP contribution in [-0.4, -0.2) is 17.6 Å². The maximum Gasteiger partial charge on any atom is 0.331 e. The molecule has 0 aromatic heterocycles. The van der Waals surface area contributed by atoms with E-state index in [0.29, 0.717) is 23.6 Å². The average Bonchev–Trinajstić information content (AvgIpc) is 2.30. The molecule has 0 saturated carbocycles. The number of carbonyl (C=O) groups is 1. The normalized spacial score (nSPS) is 20.3. The van der Waals surface area contributed by atoms with E-state index in [1.54, 1.807) is 18.2 Å². The molecule has 0 amide bonds. The van der Waals surface area contributed by atoms with Gasteiger partial charge >= 0.3 is 5.97 Å². The maximum atomic E-state index is 10.9. The molecule has 0 radical (unpaired) electrons. The van der Waals surface area contributed by atoms with Crippen LogP contribution in [0.25, 0.3) is 0 Å². The van der Waals surface area contributed by atoms with Crippen LogP contribution in [0.4, 0.5) is 0 Å². The Morgan fingerprint density at radius 3 is 2.69 bits per heavy atom. The van der Waals surface area contributed by atoms with E-state index in [4.69, 9.17) is 16.7 Å². The molecular weight excluding hydrogens is 226 g/mol. The molecule has 2 rings (SSSR count). The van der Waals surface area contributed by atoms with Gasteiger partial charge in [0.25, 0.3) is 0 Å². The number of rotatable bonds is 2. The van der Waals surface area contributed by atoms with Gasteiger partial charge in [-0.15, -0.1) is 0 Å². The quantitative estimate of drug-likeness (QED) is 0.830. The van der Waals surface area contributed by atoms with Crippen molar-refractivity contribution in [3.63, 3.8) is 0 Å². The summed E-state index contributed by atoms with van der Waals surface area (Å²) in [6, 6.07) is 7.39. The van der Waals surface area contributed by atoms with Gasteiger partial charge in [0.1, 0.15) is 0 Å². The van der Waals surface area contributed by atoms with Gasteiger partial charge in [-0.05, 0) is 24.1 Å². The van der Waals surface area contributed by atoms with Crippen molar-refractivity contribution >= 4 is 17.6 Å². The second-order valence-electron chi connectivity index (χ2n) is 3.73. The Morgan fingerprint density at radius 1 is 1.38 bits per heavy atom. The molecule has 0 fully saturated rings. The topological polar surface area (TPSA) is 49.3 Å². The number of carboxylic acid groups (broad SMARTS) is 1. The smallest absolute Gasteiger partial charge is 0.331 e. The molecule has 0 aliphatic carbocycles. The highest BCUT2D eigenvalue weighted by Gasteiger charge is 2.18. The lowest BCUT2D eigenvalue weighted by Crippen LogP contribution is -2.27. The van der Waals surface area contributed by atoms with Crippen LogP contribution in [0, 0.1) is 0 Å². The van der Waals surface area contributed by atoms with Crippen LogP contribution < -0.4 is 5.32 Å². The number of nitrogens with one attached hydrogen (secondary N) is 1. The fourth-order valence-corrected chi connectivity index (χ4v) is 1.89. The molecule has 1 heterocycles. The Kier molecular flexibility index (Phi) is 3.27. The molecule has 1 aliphatic heterocycles. The molecule has 1 unspecified atom stereocenters. The molecule has 2 N–H and O–H groups in total. The number of hydrogen-bond acceptors (Lipinski definition) is 2. The second kappa shape index (κ2) is 4.68. The molecule has 84 valence electrons. The number of hydrogen-bond donors (Lipinski definition) is 2. The molecule has 4 heteroatoms. The second-order valence-corrected chi connectivity index (χ2v) is 4.17. The zero-order valence-electron chi connectivity index (χ0n) is 8.61. The molecule has 3 nitrogen and oxygen atoms in total.